The molecule has 0 aliphatic carbocycles. The Labute approximate surface area is 99.5 Å². The summed E-state index contributed by atoms with van der Waals surface area (Å²) in [5, 5.41) is 0. The molecule has 0 saturated carbocycles. The zero-order valence-electron chi connectivity index (χ0n) is 9.80. The Kier molecular flexibility index (Phi) is 4.51. The van der Waals surface area contributed by atoms with Gasteiger partial charge in [0.05, 0.1) is 13.5 Å². The summed E-state index contributed by atoms with van der Waals surface area (Å²) in [6.07, 6.45) is -0.178. The fourth-order valence-corrected chi connectivity index (χ4v) is 1.31. The number of carbonyl (C=O) groups is 2. The van der Waals surface area contributed by atoms with Crippen LogP contribution in [0.1, 0.15) is 23.7 Å². The van der Waals surface area contributed by atoms with Crippen LogP contribution in [-0.4, -0.2) is 25.1 Å². The molecule has 17 heavy (non-hydrogen) atoms. The maximum atomic E-state index is 11.0. The quantitative estimate of drug-likeness (QED) is 0.778. The first kappa shape index (κ1) is 13.0. The van der Waals surface area contributed by atoms with Crippen molar-refractivity contribution in [1.29, 1.82) is 0 Å². The molecule has 1 atom stereocenters. The second-order valence-electron chi connectivity index (χ2n) is 3.60. The number of ether oxygens (including phenoxy) is 2. The van der Waals surface area contributed by atoms with Crippen LogP contribution < -0.4 is 10.5 Å². The highest BCUT2D eigenvalue weighted by Gasteiger charge is 2.11. The third-order valence-corrected chi connectivity index (χ3v) is 2.14. The average Bonchev–Trinajstić information content (AvgIpc) is 2.28. The second kappa shape index (κ2) is 5.89. The van der Waals surface area contributed by atoms with Crippen molar-refractivity contribution in [3.05, 3.63) is 29.8 Å². The lowest BCUT2D eigenvalue weighted by Crippen LogP contribution is -2.18. The van der Waals surface area contributed by atoms with Crippen LogP contribution >= 0.6 is 0 Å². The Morgan fingerprint density at radius 3 is 2.71 bits per heavy atom. The van der Waals surface area contributed by atoms with Gasteiger partial charge in [0.15, 0.2) is 0 Å². The largest absolute Gasteiger partial charge is 0.490 e. The number of esters is 1. The van der Waals surface area contributed by atoms with E-state index in [-0.39, 0.29) is 18.5 Å². The van der Waals surface area contributed by atoms with Crippen LogP contribution in [0, 0.1) is 0 Å². The number of hydrogen-bond acceptors (Lipinski definition) is 4. The van der Waals surface area contributed by atoms with E-state index in [1.165, 1.54) is 13.2 Å². The number of hydrogen-bond donors (Lipinski definition) is 1. The molecule has 0 fully saturated rings. The molecular weight excluding hydrogens is 222 g/mol. The van der Waals surface area contributed by atoms with Crippen molar-refractivity contribution in [1.82, 2.24) is 0 Å². The van der Waals surface area contributed by atoms with Gasteiger partial charge in [0.25, 0.3) is 0 Å². The van der Waals surface area contributed by atoms with E-state index in [2.05, 4.69) is 4.74 Å². The maximum Gasteiger partial charge on any atom is 0.309 e. The van der Waals surface area contributed by atoms with E-state index in [1.54, 1.807) is 25.1 Å². The summed E-state index contributed by atoms with van der Waals surface area (Å²) in [7, 11) is 1.32. The van der Waals surface area contributed by atoms with E-state index in [9.17, 15) is 9.59 Å². The number of carbonyl (C=O) groups excluding carboxylic acids is 2. The molecule has 92 valence electrons. The average molecular weight is 237 g/mol. The first-order valence-corrected chi connectivity index (χ1v) is 5.16. The van der Waals surface area contributed by atoms with Crippen molar-refractivity contribution < 1.29 is 19.1 Å². The van der Waals surface area contributed by atoms with E-state index in [0.29, 0.717) is 11.3 Å². The molecule has 0 aliphatic rings. The minimum atomic E-state index is -0.518. The van der Waals surface area contributed by atoms with Crippen LogP contribution in [0.5, 0.6) is 5.75 Å². The van der Waals surface area contributed by atoms with Crippen LogP contribution in [0.2, 0.25) is 0 Å². The summed E-state index contributed by atoms with van der Waals surface area (Å²) in [6.45, 7) is 1.74. The summed E-state index contributed by atoms with van der Waals surface area (Å²) in [5.74, 6) is -0.364. The molecule has 0 aliphatic heterocycles. The van der Waals surface area contributed by atoms with Crippen LogP contribution in [0.4, 0.5) is 0 Å². The monoisotopic (exact) mass is 237 g/mol. The van der Waals surface area contributed by atoms with Gasteiger partial charge < -0.3 is 15.2 Å². The fourth-order valence-electron chi connectivity index (χ4n) is 1.31. The summed E-state index contributed by atoms with van der Waals surface area (Å²) in [6, 6.07) is 6.50. The number of nitrogens with two attached hydrogens (primary N) is 1. The van der Waals surface area contributed by atoms with Gasteiger partial charge in [-0.1, -0.05) is 6.07 Å². The van der Waals surface area contributed by atoms with Crippen molar-refractivity contribution in [2.24, 2.45) is 5.73 Å². The first-order valence-electron chi connectivity index (χ1n) is 5.16. The van der Waals surface area contributed by atoms with Gasteiger partial charge in [-0.3, -0.25) is 9.59 Å². The topological polar surface area (TPSA) is 78.6 Å². The second-order valence-corrected chi connectivity index (χ2v) is 3.60. The number of amides is 1. The smallest absolute Gasteiger partial charge is 0.309 e. The van der Waals surface area contributed by atoms with E-state index in [4.69, 9.17) is 10.5 Å². The fraction of sp³-hybridized carbons (Fsp3) is 0.333. The lowest BCUT2D eigenvalue weighted by molar-refractivity contribution is -0.142. The Bertz CT molecular complexity index is 417. The van der Waals surface area contributed by atoms with Crippen molar-refractivity contribution in [3.63, 3.8) is 0 Å². The lowest BCUT2D eigenvalue weighted by Gasteiger charge is -2.13. The predicted octanol–water partition coefficient (Wildman–Crippen LogP) is 1.12. The van der Waals surface area contributed by atoms with Crippen LogP contribution in [-0.2, 0) is 9.53 Å². The molecular formula is C12H15NO4. The number of primary amides is 1. The predicted molar refractivity (Wildman–Crippen MR) is 61.7 cm³/mol. The maximum absolute atomic E-state index is 11.0. The molecule has 0 heterocycles. The molecule has 0 saturated heterocycles. The minimum absolute atomic E-state index is 0.150. The van der Waals surface area contributed by atoms with E-state index in [0.717, 1.165) is 0 Å². The zero-order valence-corrected chi connectivity index (χ0v) is 9.80. The van der Waals surface area contributed by atoms with E-state index >= 15 is 0 Å². The number of methoxy groups -OCH3 is 1. The number of benzene rings is 1. The van der Waals surface area contributed by atoms with Gasteiger partial charge in [-0.2, -0.15) is 0 Å². The summed E-state index contributed by atoms with van der Waals surface area (Å²) >= 11 is 0. The van der Waals surface area contributed by atoms with Crippen LogP contribution in [0.3, 0.4) is 0 Å². The highest BCUT2D eigenvalue weighted by atomic mass is 16.5. The van der Waals surface area contributed by atoms with Crippen molar-refractivity contribution in [3.8, 4) is 5.75 Å². The molecule has 0 spiro atoms. The highest BCUT2D eigenvalue weighted by molar-refractivity contribution is 5.93. The Balaban J connectivity index is 2.65. The van der Waals surface area contributed by atoms with Gasteiger partial charge in [0.1, 0.15) is 11.9 Å². The molecule has 5 heteroatoms. The molecule has 1 aromatic carbocycles. The molecule has 1 aromatic rings. The first-order chi connectivity index (χ1) is 8.02. The normalized spacial score (nSPS) is 11.6. The van der Waals surface area contributed by atoms with Crippen LogP contribution in [0.25, 0.3) is 0 Å². The summed E-state index contributed by atoms with van der Waals surface area (Å²) in [4.78, 5) is 22.0. The van der Waals surface area contributed by atoms with Gasteiger partial charge in [-0.25, -0.2) is 0 Å². The molecule has 0 radical (unpaired) electrons. The zero-order chi connectivity index (χ0) is 12.8. The van der Waals surface area contributed by atoms with E-state index in [1.807, 2.05) is 0 Å². The summed E-state index contributed by atoms with van der Waals surface area (Å²) in [5.41, 5.74) is 5.52. The Hall–Kier alpha value is -2.04. The SMILES string of the molecule is COC(=O)CC(C)Oc1cccc(C(N)=O)c1. The van der Waals surface area contributed by atoms with Gasteiger partial charge >= 0.3 is 5.97 Å². The van der Waals surface area contributed by atoms with Gasteiger partial charge in [0, 0.05) is 5.56 Å². The van der Waals surface area contributed by atoms with Gasteiger partial charge in [-0.05, 0) is 25.1 Å². The number of rotatable bonds is 5. The third kappa shape index (κ3) is 4.14. The molecule has 0 aromatic heterocycles. The molecule has 1 unspecified atom stereocenters. The molecule has 0 bridgehead atoms. The van der Waals surface area contributed by atoms with Crippen molar-refractivity contribution in [2.75, 3.05) is 7.11 Å². The Morgan fingerprint density at radius 2 is 2.12 bits per heavy atom. The van der Waals surface area contributed by atoms with Gasteiger partial charge in [-0.15, -0.1) is 0 Å². The standard InChI is InChI=1S/C12H15NO4/c1-8(6-11(14)16-2)17-10-5-3-4-9(7-10)12(13)15/h3-5,7-8H,6H2,1-2H3,(H2,13,15). The molecule has 1 amide bonds. The van der Waals surface area contributed by atoms with Crippen molar-refractivity contribution >= 4 is 11.9 Å². The minimum Gasteiger partial charge on any atom is -0.490 e. The molecule has 2 N–H and O–H groups in total. The van der Waals surface area contributed by atoms with E-state index < -0.39 is 5.91 Å². The lowest BCUT2D eigenvalue weighted by atomic mass is 10.2. The van der Waals surface area contributed by atoms with Crippen molar-refractivity contribution in [2.45, 2.75) is 19.4 Å². The van der Waals surface area contributed by atoms with Crippen LogP contribution in [0.15, 0.2) is 24.3 Å². The molecule has 1 rings (SSSR count). The third-order valence-electron chi connectivity index (χ3n) is 2.14. The summed E-state index contributed by atoms with van der Waals surface area (Å²) < 4.78 is 10.00. The Morgan fingerprint density at radius 1 is 1.41 bits per heavy atom. The van der Waals surface area contributed by atoms with Gasteiger partial charge in [0.2, 0.25) is 5.91 Å². The molecule has 5 nitrogen and oxygen atoms in total. The highest BCUT2D eigenvalue weighted by Crippen LogP contribution is 2.15.